The van der Waals surface area contributed by atoms with Crippen molar-refractivity contribution < 1.29 is 4.79 Å². The van der Waals surface area contributed by atoms with Crippen molar-refractivity contribution in [2.24, 2.45) is 5.92 Å². The largest absolute Gasteiger partial charge is 0.324 e. The predicted octanol–water partition coefficient (Wildman–Crippen LogP) is 2.39. The Balaban J connectivity index is 2.05. The average molecular weight is 283 g/mol. The van der Waals surface area contributed by atoms with Crippen molar-refractivity contribution in [2.75, 3.05) is 11.9 Å². The molecule has 1 aromatic carbocycles. The van der Waals surface area contributed by atoms with E-state index in [0.29, 0.717) is 5.92 Å². The summed E-state index contributed by atoms with van der Waals surface area (Å²) >= 11 is 3.41. The van der Waals surface area contributed by atoms with Gasteiger partial charge in [0.1, 0.15) is 0 Å². The van der Waals surface area contributed by atoms with Crippen LogP contribution in [0.25, 0.3) is 0 Å². The zero-order chi connectivity index (χ0) is 11.5. The van der Waals surface area contributed by atoms with Gasteiger partial charge in [-0.15, -0.1) is 0 Å². The van der Waals surface area contributed by atoms with Crippen molar-refractivity contribution in [3.8, 4) is 0 Å². The molecule has 1 amide bonds. The van der Waals surface area contributed by atoms with Gasteiger partial charge in [-0.3, -0.25) is 4.79 Å². The monoisotopic (exact) mass is 282 g/mol. The number of anilines is 1. The Morgan fingerprint density at radius 1 is 1.50 bits per heavy atom. The van der Waals surface area contributed by atoms with Gasteiger partial charge in [0.2, 0.25) is 5.91 Å². The summed E-state index contributed by atoms with van der Waals surface area (Å²) in [5, 5.41) is 6.15. The SMILES string of the molecule is CC1CCNC1C(=O)Nc1ccccc1Br. The fourth-order valence-corrected chi connectivity index (χ4v) is 2.34. The van der Waals surface area contributed by atoms with Crippen LogP contribution < -0.4 is 10.6 Å². The van der Waals surface area contributed by atoms with E-state index in [4.69, 9.17) is 0 Å². The van der Waals surface area contributed by atoms with E-state index in [9.17, 15) is 4.79 Å². The molecule has 2 atom stereocenters. The molecule has 3 nitrogen and oxygen atoms in total. The van der Waals surface area contributed by atoms with Crippen LogP contribution >= 0.6 is 15.9 Å². The molecule has 1 heterocycles. The van der Waals surface area contributed by atoms with Gasteiger partial charge < -0.3 is 10.6 Å². The van der Waals surface area contributed by atoms with E-state index in [-0.39, 0.29) is 11.9 Å². The first-order valence-corrected chi connectivity index (χ1v) is 6.26. The number of rotatable bonds is 2. The number of halogens is 1. The van der Waals surface area contributed by atoms with Crippen LogP contribution in [0.3, 0.4) is 0 Å². The Labute approximate surface area is 104 Å². The quantitative estimate of drug-likeness (QED) is 0.875. The van der Waals surface area contributed by atoms with Gasteiger partial charge in [-0.2, -0.15) is 0 Å². The van der Waals surface area contributed by atoms with Crippen LogP contribution in [0.1, 0.15) is 13.3 Å². The lowest BCUT2D eigenvalue weighted by molar-refractivity contribution is -0.118. The first-order valence-electron chi connectivity index (χ1n) is 5.47. The molecule has 0 radical (unpaired) electrons. The van der Waals surface area contributed by atoms with E-state index in [1.54, 1.807) is 0 Å². The average Bonchev–Trinajstić information content (AvgIpc) is 2.68. The van der Waals surface area contributed by atoms with Gasteiger partial charge in [-0.25, -0.2) is 0 Å². The van der Waals surface area contributed by atoms with Crippen LogP contribution in [0, 0.1) is 5.92 Å². The molecule has 1 aromatic rings. The van der Waals surface area contributed by atoms with Crippen LogP contribution in [-0.2, 0) is 4.79 Å². The highest BCUT2D eigenvalue weighted by atomic mass is 79.9. The van der Waals surface area contributed by atoms with E-state index in [2.05, 4.69) is 33.5 Å². The fourth-order valence-electron chi connectivity index (χ4n) is 1.96. The zero-order valence-corrected chi connectivity index (χ0v) is 10.8. The highest BCUT2D eigenvalue weighted by Crippen LogP contribution is 2.23. The Morgan fingerprint density at radius 2 is 2.25 bits per heavy atom. The highest BCUT2D eigenvalue weighted by Gasteiger charge is 2.29. The summed E-state index contributed by atoms with van der Waals surface area (Å²) in [6, 6.07) is 7.58. The first kappa shape index (κ1) is 11.6. The number of benzene rings is 1. The Bertz CT molecular complexity index is 394. The molecular formula is C12H15BrN2O. The molecule has 2 N–H and O–H groups in total. The molecule has 0 aliphatic carbocycles. The molecule has 1 aliphatic heterocycles. The number of hydrogen-bond donors (Lipinski definition) is 2. The predicted molar refractivity (Wildman–Crippen MR) is 68.3 cm³/mol. The molecule has 0 saturated carbocycles. The van der Waals surface area contributed by atoms with Crippen LogP contribution in [0.2, 0.25) is 0 Å². The van der Waals surface area contributed by atoms with Gasteiger partial charge in [0.05, 0.1) is 11.7 Å². The van der Waals surface area contributed by atoms with E-state index in [1.165, 1.54) is 0 Å². The number of amides is 1. The van der Waals surface area contributed by atoms with E-state index < -0.39 is 0 Å². The van der Waals surface area contributed by atoms with Crippen LogP contribution in [0.15, 0.2) is 28.7 Å². The summed E-state index contributed by atoms with van der Waals surface area (Å²) in [4.78, 5) is 12.0. The third kappa shape index (κ3) is 2.44. The maximum atomic E-state index is 12.0. The molecule has 0 aromatic heterocycles. The topological polar surface area (TPSA) is 41.1 Å². The second-order valence-corrected chi connectivity index (χ2v) is 5.02. The number of para-hydroxylation sites is 1. The minimum atomic E-state index is -0.0629. The smallest absolute Gasteiger partial charge is 0.241 e. The molecule has 0 bridgehead atoms. The third-order valence-electron chi connectivity index (χ3n) is 2.95. The summed E-state index contributed by atoms with van der Waals surface area (Å²) in [6.07, 6.45) is 1.06. The van der Waals surface area contributed by atoms with Gasteiger partial charge in [0.15, 0.2) is 0 Å². The molecule has 0 spiro atoms. The Morgan fingerprint density at radius 3 is 2.88 bits per heavy atom. The standard InChI is InChI=1S/C12H15BrN2O/c1-8-6-7-14-11(8)12(16)15-10-5-3-2-4-9(10)13/h2-5,8,11,14H,6-7H2,1H3,(H,15,16). The molecule has 4 heteroatoms. The maximum absolute atomic E-state index is 12.0. The minimum absolute atomic E-state index is 0.0527. The number of carbonyl (C=O) groups excluding carboxylic acids is 1. The summed E-state index contributed by atoms with van der Waals surface area (Å²) in [5.41, 5.74) is 0.827. The first-order chi connectivity index (χ1) is 7.68. The molecule has 2 unspecified atom stereocenters. The summed E-state index contributed by atoms with van der Waals surface area (Å²) in [7, 11) is 0. The van der Waals surface area contributed by atoms with Gasteiger partial charge in [-0.1, -0.05) is 19.1 Å². The van der Waals surface area contributed by atoms with Crippen molar-refractivity contribution in [3.63, 3.8) is 0 Å². The molecule has 1 saturated heterocycles. The van der Waals surface area contributed by atoms with E-state index in [1.807, 2.05) is 24.3 Å². The number of nitrogens with one attached hydrogen (secondary N) is 2. The van der Waals surface area contributed by atoms with Gasteiger partial charge in [0.25, 0.3) is 0 Å². The lowest BCUT2D eigenvalue weighted by atomic mass is 10.0. The van der Waals surface area contributed by atoms with E-state index >= 15 is 0 Å². The summed E-state index contributed by atoms with van der Waals surface area (Å²) in [6.45, 7) is 3.03. The van der Waals surface area contributed by atoms with Crippen molar-refractivity contribution in [1.82, 2.24) is 5.32 Å². The lowest BCUT2D eigenvalue weighted by Gasteiger charge is -2.16. The number of hydrogen-bond acceptors (Lipinski definition) is 2. The molecule has 2 rings (SSSR count). The molecule has 1 fully saturated rings. The maximum Gasteiger partial charge on any atom is 0.241 e. The second kappa shape index (κ2) is 4.97. The second-order valence-electron chi connectivity index (χ2n) is 4.17. The highest BCUT2D eigenvalue weighted by molar-refractivity contribution is 9.10. The fraction of sp³-hybridized carbons (Fsp3) is 0.417. The third-order valence-corrected chi connectivity index (χ3v) is 3.64. The molecule has 16 heavy (non-hydrogen) atoms. The van der Waals surface area contributed by atoms with Crippen LogP contribution in [0.5, 0.6) is 0 Å². The van der Waals surface area contributed by atoms with Crippen molar-refractivity contribution in [3.05, 3.63) is 28.7 Å². The van der Waals surface area contributed by atoms with Gasteiger partial charge >= 0.3 is 0 Å². The number of carbonyl (C=O) groups is 1. The van der Waals surface area contributed by atoms with E-state index in [0.717, 1.165) is 23.1 Å². The van der Waals surface area contributed by atoms with Crippen LogP contribution in [0.4, 0.5) is 5.69 Å². The van der Waals surface area contributed by atoms with Crippen molar-refractivity contribution >= 4 is 27.5 Å². The zero-order valence-electron chi connectivity index (χ0n) is 9.16. The summed E-state index contributed by atoms with van der Waals surface area (Å²) in [5.74, 6) is 0.458. The molecule has 1 aliphatic rings. The Hall–Kier alpha value is -0.870. The normalized spacial score (nSPS) is 24.4. The van der Waals surface area contributed by atoms with Gasteiger partial charge in [0, 0.05) is 4.47 Å². The summed E-state index contributed by atoms with van der Waals surface area (Å²) < 4.78 is 0.911. The van der Waals surface area contributed by atoms with Crippen molar-refractivity contribution in [1.29, 1.82) is 0 Å². The van der Waals surface area contributed by atoms with Crippen molar-refractivity contribution in [2.45, 2.75) is 19.4 Å². The molecular weight excluding hydrogens is 268 g/mol. The van der Waals surface area contributed by atoms with Gasteiger partial charge in [-0.05, 0) is 46.9 Å². The van der Waals surface area contributed by atoms with Crippen LogP contribution in [-0.4, -0.2) is 18.5 Å². The minimum Gasteiger partial charge on any atom is -0.324 e. The molecule has 86 valence electrons. The lowest BCUT2D eigenvalue weighted by Crippen LogP contribution is -2.39. The Kier molecular flexibility index (Phi) is 3.61.